The molecular formula is C22H26ClFN2O2. The number of carbonyl (C=O) groups is 2. The van der Waals surface area contributed by atoms with E-state index in [4.69, 9.17) is 11.6 Å². The first-order chi connectivity index (χ1) is 13.3. The van der Waals surface area contributed by atoms with Gasteiger partial charge < -0.3 is 10.2 Å². The lowest BCUT2D eigenvalue weighted by molar-refractivity contribution is -0.140. The Morgan fingerprint density at radius 2 is 1.79 bits per heavy atom. The highest BCUT2D eigenvalue weighted by Crippen LogP contribution is 2.21. The molecule has 6 heteroatoms. The molecule has 0 fully saturated rings. The first-order valence-corrected chi connectivity index (χ1v) is 9.77. The van der Waals surface area contributed by atoms with Crippen molar-refractivity contribution in [2.24, 2.45) is 0 Å². The topological polar surface area (TPSA) is 49.4 Å². The average Bonchev–Trinajstić information content (AvgIpc) is 2.69. The fraction of sp³-hybridized carbons (Fsp3) is 0.364. The second-order valence-corrected chi connectivity index (χ2v) is 7.29. The zero-order valence-electron chi connectivity index (χ0n) is 16.4. The van der Waals surface area contributed by atoms with Gasteiger partial charge in [0.1, 0.15) is 11.9 Å². The zero-order chi connectivity index (χ0) is 20.7. The predicted octanol–water partition coefficient (Wildman–Crippen LogP) is 4.35. The molecule has 2 rings (SSSR count). The molecule has 0 unspecified atom stereocenters. The molecule has 2 aromatic rings. The van der Waals surface area contributed by atoms with Crippen molar-refractivity contribution in [2.75, 3.05) is 0 Å². The lowest BCUT2D eigenvalue weighted by atomic mass is 10.1. The highest BCUT2D eigenvalue weighted by Gasteiger charge is 2.27. The third-order valence-electron chi connectivity index (χ3n) is 4.75. The molecule has 1 N–H and O–H groups in total. The summed E-state index contributed by atoms with van der Waals surface area (Å²) in [7, 11) is 0. The van der Waals surface area contributed by atoms with Gasteiger partial charge in [0, 0.05) is 23.2 Å². The van der Waals surface area contributed by atoms with Gasteiger partial charge >= 0.3 is 0 Å². The molecule has 0 saturated carbocycles. The van der Waals surface area contributed by atoms with Crippen LogP contribution >= 0.6 is 11.6 Å². The number of benzene rings is 2. The molecule has 150 valence electrons. The fourth-order valence-corrected chi connectivity index (χ4v) is 3.01. The van der Waals surface area contributed by atoms with E-state index < -0.39 is 11.9 Å². The first kappa shape index (κ1) is 21.9. The Labute approximate surface area is 170 Å². The summed E-state index contributed by atoms with van der Waals surface area (Å²) in [5.41, 5.74) is 1.03. The van der Waals surface area contributed by atoms with Crippen molar-refractivity contribution in [2.45, 2.75) is 52.2 Å². The molecule has 0 aliphatic rings. The Morgan fingerprint density at radius 1 is 1.11 bits per heavy atom. The standard InChI is InChI=1S/C22H26ClFN2O2/c1-4-15(2)25-22(28)16(3)26(14-17-9-6-5-7-10-17)21(27)13-18-19(23)11-8-12-20(18)24/h5-12,15-16H,4,13-14H2,1-3H3,(H,25,28)/t15-,16+/m1/s1. The SMILES string of the molecule is CC[C@@H](C)NC(=O)[C@H](C)N(Cc1ccccc1)C(=O)Cc1c(F)cccc1Cl. The van der Waals surface area contributed by atoms with Crippen LogP contribution in [0.15, 0.2) is 48.5 Å². The largest absolute Gasteiger partial charge is 0.352 e. The van der Waals surface area contributed by atoms with E-state index in [1.807, 2.05) is 44.2 Å². The number of nitrogens with zero attached hydrogens (tertiary/aromatic N) is 1. The van der Waals surface area contributed by atoms with Gasteiger partial charge in [-0.15, -0.1) is 0 Å². The fourth-order valence-electron chi connectivity index (χ4n) is 2.78. The molecule has 2 atom stereocenters. The number of amides is 2. The molecule has 2 aromatic carbocycles. The van der Waals surface area contributed by atoms with Crippen molar-refractivity contribution in [1.29, 1.82) is 0 Å². The van der Waals surface area contributed by atoms with Gasteiger partial charge in [-0.25, -0.2) is 4.39 Å². The van der Waals surface area contributed by atoms with Crippen molar-refractivity contribution in [3.05, 3.63) is 70.5 Å². The van der Waals surface area contributed by atoms with E-state index in [9.17, 15) is 14.0 Å². The monoisotopic (exact) mass is 404 g/mol. The normalized spacial score (nSPS) is 12.9. The van der Waals surface area contributed by atoms with E-state index in [1.165, 1.54) is 17.0 Å². The van der Waals surface area contributed by atoms with Crippen molar-refractivity contribution in [1.82, 2.24) is 10.2 Å². The van der Waals surface area contributed by atoms with Crippen LogP contribution in [0, 0.1) is 5.82 Å². The van der Waals surface area contributed by atoms with Gasteiger partial charge in [-0.1, -0.05) is 54.9 Å². The zero-order valence-corrected chi connectivity index (χ0v) is 17.2. The molecular weight excluding hydrogens is 379 g/mol. The minimum atomic E-state index is -0.702. The van der Waals surface area contributed by atoms with Crippen molar-refractivity contribution in [3.8, 4) is 0 Å². The number of hydrogen-bond acceptors (Lipinski definition) is 2. The number of nitrogens with one attached hydrogen (secondary N) is 1. The molecule has 4 nitrogen and oxygen atoms in total. The molecule has 0 heterocycles. The average molecular weight is 405 g/mol. The number of carbonyl (C=O) groups excluding carboxylic acids is 2. The van der Waals surface area contributed by atoms with E-state index in [0.29, 0.717) is 0 Å². The van der Waals surface area contributed by atoms with Crippen LogP contribution in [0.2, 0.25) is 5.02 Å². The summed E-state index contributed by atoms with van der Waals surface area (Å²) in [6, 6.07) is 13.0. The molecule has 0 radical (unpaired) electrons. The molecule has 0 saturated heterocycles. The van der Waals surface area contributed by atoms with Gasteiger partial charge in [0.15, 0.2) is 0 Å². The molecule has 0 bridgehead atoms. The lowest BCUT2D eigenvalue weighted by Crippen LogP contribution is -2.50. The Kier molecular flexibility index (Phi) is 8.00. The minimum absolute atomic E-state index is 0.00430. The summed E-state index contributed by atoms with van der Waals surface area (Å²) < 4.78 is 14.1. The van der Waals surface area contributed by atoms with Crippen LogP contribution in [0.25, 0.3) is 0 Å². The molecule has 0 aliphatic carbocycles. The maximum Gasteiger partial charge on any atom is 0.242 e. The predicted molar refractivity (Wildman–Crippen MR) is 109 cm³/mol. The van der Waals surface area contributed by atoms with Crippen LogP contribution in [-0.2, 0) is 22.6 Å². The summed E-state index contributed by atoms with van der Waals surface area (Å²) in [4.78, 5) is 27.1. The van der Waals surface area contributed by atoms with Gasteiger partial charge in [-0.3, -0.25) is 9.59 Å². The summed E-state index contributed by atoms with van der Waals surface area (Å²) in [6.45, 7) is 5.82. The Hall–Kier alpha value is -2.40. The van der Waals surface area contributed by atoms with Crippen molar-refractivity contribution >= 4 is 23.4 Å². The number of rotatable bonds is 8. The second kappa shape index (κ2) is 10.2. The van der Waals surface area contributed by atoms with E-state index in [2.05, 4.69) is 5.32 Å². The lowest BCUT2D eigenvalue weighted by Gasteiger charge is -2.30. The molecule has 0 aliphatic heterocycles. The van der Waals surface area contributed by atoms with Gasteiger partial charge in [-0.2, -0.15) is 0 Å². The minimum Gasteiger partial charge on any atom is -0.352 e. The van der Waals surface area contributed by atoms with Gasteiger partial charge in [-0.05, 0) is 38.0 Å². The Morgan fingerprint density at radius 3 is 2.39 bits per heavy atom. The molecule has 28 heavy (non-hydrogen) atoms. The van der Waals surface area contributed by atoms with Crippen LogP contribution in [0.5, 0.6) is 0 Å². The second-order valence-electron chi connectivity index (χ2n) is 6.88. The maximum atomic E-state index is 14.1. The summed E-state index contributed by atoms with van der Waals surface area (Å²) in [6.07, 6.45) is 0.579. The third-order valence-corrected chi connectivity index (χ3v) is 5.11. The Balaban J connectivity index is 2.26. The number of hydrogen-bond donors (Lipinski definition) is 1. The Bertz CT molecular complexity index is 793. The maximum absolute atomic E-state index is 14.1. The molecule has 0 spiro atoms. The van der Waals surface area contributed by atoms with Crippen molar-refractivity contribution in [3.63, 3.8) is 0 Å². The summed E-state index contributed by atoms with van der Waals surface area (Å²) >= 11 is 6.08. The highest BCUT2D eigenvalue weighted by molar-refractivity contribution is 6.31. The highest BCUT2D eigenvalue weighted by atomic mass is 35.5. The van der Waals surface area contributed by atoms with Crippen LogP contribution < -0.4 is 5.32 Å². The van der Waals surface area contributed by atoms with E-state index in [0.717, 1.165) is 12.0 Å². The quantitative estimate of drug-likeness (QED) is 0.710. The summed E-state index contributed by atoms with van der Waals surface area (Å²) in [5.74, 6) is -1.13. The molecule has 0 aromatic heterocycles. The van der Waals surface area contributed by atoms with Crippen LogP contribution in [-0.4, -0.2) is 28.8 Å². The van der Waals surface area contributed by atoms with Gasteiger partial charge in [0.05, 0.1) is 6.42 Å². The molecule has 2 amide bonds. The van der Waals surface area contributed by atoms with E-state index in [1.54, 1.807) is 13.0 Å². The van der Waals surface area contributed by atoms with E-state index >= 15 is 0 Å². The van der Waals surface area contributed by atoms with Crippen LogP contribution in [0.3, 0.4) is 0 Å². The first-order valence-electron chi connectivity index (χ1n) is 9.40. The smallest absolute Gasteiger partial charge is 0.242 e. The summed E-state index contributed by atoms with van der Waals surface area (Å²) in [5, 5.41) is 3.10. The van der Waals surface area contributed by atoms with Crippen LogP contribution in [0.1, 0.15) is 38.3 Å². The van der Waals surface area contributed by atoms with Crippen molar-refractivity contribution < 1.29 is 14.0 Å². The third kappa shape index (κ3) is 5.80. The van der Waals surface area contributed by atoms with Gasteiger partial charge in [0.25, 0.3) is 0 Å². The van der Waals surface area contributed by atoms with E-state index in [-0.39, 0.29) is 41.4 Å². The number of halogens is 2. The van der Waals surface area contributed by atoms with Crippen LogP contribution in [0.4, 0.5) is 4.39 Å². The van der Waals surface area contributed by atoms with Gasteiger partial charge in [0.2, 0.25) is 11.8 Å².